The summed E-state index contributed by atoms with van der Waals surface area (Å²) >= 11 is 5.19. The number of halogens is 1. The SMILES string of the molecule is Cc1sc(C2(C=O)CC2)cc1Br. The molecule has 3 heteroatoms. The third kappa shape index (κ3) is 1.15. The van der Waals surface area contributed by atoms with Crippen LogP contribution in [0.1, 0.15) is 22.6 Å². The molecule has 0 bridgehead atoms. The molecule has 12 heavy (non-hydrogen) atoms. The molecule has 1 aliphatic rings. The van der Waals surface area contributed by atoms with Gasteiger partial charge in [-0.05, 0) is 41.8 Å². The van der Waals surface area contributed by atoms with E-state index in [2.05, 4.69) is 28.9 Å². The summed E-state index contributed by atoms with van der Waals surface area (Å²) in [5, 5.41) is 0. The molecule has 0 amide bonds. The van der Waals surface area contributed by atoms with Crippen molar-refractivity contribution in [3.63, 3.8) is 0 Å². The predicted octanol–water partition coefficient (Wildman–Crippen LogP) is 3.05. The number of rotatable bonds is 2. The lowest BCUT2D eigenvalue weighted by Gasteiger charge is -2.00. The van der Waals surface area contributed by atoms with E-state index in [1.807, 2.05) is 0 Å². The Hall–Kier alpha value is -0.150. The summed E-state index contributed by atoms with van der Waals surface area (Å²) < 4.78 is 1.13. The van der Waals surface area contributed by atoms with Crippen LogP contribution in [0.15, 0.2) is 10.5 Å². The van der Waals surface area contributed by atoms with E-state index in [-0.39, 0.29) is 5.41 Å². The molecule has 1 aromatic rings. The van der Waals surface area contributed by atoms with Crippen LogP contribution < -0.4 is 0 Å². The van der Waals surface area contributed by atoms with Crippen molar-refractivity contribution >= 4 is 33.6 Å². The first-order chi connectivity index (χ1) is 5.68. The molecule has 0 saturated heterocycles. The minimum absolute atomic E-state index is 0.0958. The molecule has 2 rings (SSSR count). The highest BCUT2D eigenvalue weighted by molar-refractivity contribution is 9.10. The van der Waals surface area contributed by atoms with Crippen molar-refractivity contribution in [3.05, 3.63) is 20.3 Å². The minimum atomic E-state index is -0.0958. The van der Waals surface area contributed by atoms with Crippen molar-refractivity contribution < 1.29 is 4.79 Å². The fourth-order valence-corrected chi connectivity index (χ4v) is 3.00. The maximum absolute atomic E-state index is 10.8. The van der Waals surface area contributed by atoms with Crippen molar-refractivity contribution in [2.24, 2.45) is 0 Å². The molecule has 0 aromatic carbocycles. The molecule has 1 heterocycles. The Kier molecular flexibility index (Phi) is 1.88. The van der Waals surface area contributed by atoms with Gasteiger partial charge in [-0.15, -0.1) is 11.3 Å². The smallest absolute Gasteiger partial charge is 0.131 e. The van der Waals surface area contributed by atoms with Gasteiger partial charge < -0.3 is 4.79 Å². The Morgan fingerprint density at radius 2 is 2.33 bits per heavy atom. The van der Waals surface area contributed by atoms with E-state index in [0.29, 0.717) is 0 Å². The molecule has 0 aliphatic heterocycles. The van der Waals surface area contributed by atoms with Crippen LogP contribution in [0.4, 0.5) is 0 Å². The van der Waals surface area contributed by atoms with Crippen molar-refractivity contribution in [3.8, 4) is 0 Å². The Balaban J connectivity index is 2.41. The first-order valence-electron chi connectivity index (χ1n) is 3.91. The molecule has 1 nitrogen and oxygen atoms in total. The molecule has 0 spiro atoms. The lowest BCUT2D eigenvalue weighted by atomic mass is 10.1. The first-order valence-corrected chi connectivity index (χ1v) is 5.52. The second-order valence-electron chi connectivity index (χ2n) is 3.29. The van der Waals surface area contributed by atoms with Crippen LogP contribution in [-0.2, 0) is 10.2 Å². The van der Waals surface area contributed by atoms with Crippen LogP contribution in [-0.4, -0.2) is 6.29 Å². The molecule has 1 aromatic heterocycles. The third-order valence-electron chi connectivity index (χ3n) is 2.36. The number of aldehydes is 1. The number of aryl methyl sites for hydroxylation is 1. The summed E-state index contributed by atoms with van der Waals surface area (Å²) in [5.74, 6) is 0. The second-order valence-corrected chi connectivity index (χ2v) is 5.40. The van der Waals surface area contributed by atoms with Crippen LogP contribution in [0.5, 0.6) is 0 Å². The van der Waals surface area contributed by atoms with Gasteiger partial charge in [-0.25, -0.2) is 0 Å². The topological polar surface area (TPSA) is 17.1 Å². The summed E-state index contributed by atoms with van der Waals surface area (Å²) in [5.41, 5.74) is -0.0958. The van der Waals surface area contributed by atoms with E-state index in [0.717, 1.165) is 23.6 Å². The van der Waals surface area contributed by atoms with E-state index >= 15 is 0 Å². The lowest BCUT2D eigenvalue weighted by molar-refractivity contribution is -0.109. The van der Waals surface area contributed by atoms with E-state index < -0.39 is 0 Å². The first kappa shape index (κ1) is 8.45. The van der Waals surface area contributed by atoms with E-state index in [1.165, 1.54) is 9.75 Å². The van der Waals surface area contributed by atoms with Gasteiger partial charge in [0, 0.05) is 14.2 Å². The Morgan fingerprint density at radius 1 is 1.67 bits per heavy atom. The summed E-state index contributed by atoms with van der Waals surface area (Å²) in [6.07, 6.45) is 3.16. The van der Waals surface area contributed by atoms with Crippen LogP contribution in [0.3, 0.4) is 0 Å². The van der Waals surface area contributed by atoms with E-state index in [4.69, 9.17) is 0 Å². The lowest BCUT2D eigenvalue weighted by Crippen LogP contribution is -2.04. The second kappa shape index (κ2) is 2.67. The molecular weight excluding hydrogens is 236 g/mol. The molecule has 0 atom stereocenters. The van der Waals surface area contributed by atoms with E-state index in [9.17, 15) is 4.79 Å². The zero-order chi connectivity index (χ0) is 8.77. The molecule has 0 N–H and O–H groups in total. The fourth-order valence-electron chi connectivity index (χ4n) is 1.26. The van der Waals surface area contributed by atoms with Gasteiger partial charge in [-0.2, -0.15) is 0 Å². The largest absolute Gasteiger partial charge is 0.302 e. The summed E-state index contributed by atoms with van der Waals surface area (Å²) in [6.45, 7) is 2.07. The minimum Gasteiger partial charge on any atom is -0.302 e. The van der Waals surface area contributed by atoms with Crippen molar-refractivity contribution in [2.75, 3.05) is 0 Å². The number of carbonyl (C=O) groups excluding carboxylic acids is 1. The molecule has 64 valence electrons. The van der Waals surface area contributed by atoms with Gasteiger partial charge >= 0.3 is 0 Å². The molecule has 1 aliphatic carbocycles. The average molecular weight is 245 g/mol. The summed E-state index contributed by atoms with van der Waals surface area (Å²) in [6, 6.07) is 2.08. The van der Waals surface area contributed by atoms with Gasteiger partial charge in [0.2, 0.25) is 0 Å². The number of hydrogen-bond donors (Lipinski definition) is 0. The zero-order valence-electron chi connectivity index (χ0n) is 6.76. The van der Waals surface area contributed by atoms with Gasteiger partial charge in [-0.3, -0.25) is 0 Å². The summed E-state index contributed by atoms with van der Waals surface area (Å²) in [4.78, 5) is 13.3. The number of hydrogen-bond acceptors (Lipinski definition) is 2. The van der Waals surface area contributed by atoms with Crippen LogP contribution in [0, 0.1) is 6.92 Å². The normalized spacial score (nSPS) is 19.2. The molecule has 1 fully saturated rings. The zero-order valence-corrected chi connectivity index (χ0v) is 9.17. The highest BCUT2D eigenvalue weighted by Crippen LogP contribution is 2.50. The standard InChI is InChI=1S/C9H9BrOS/c1-6-7(10)4-8(12-6)9(5-11)2-3-9/h4-5H,2-3H2,1H3. The molecule has 1 saturated carbocycles. The van der Waals surface area contributed by atoms with Gasteiger partial charge in [0.05, 0.1) is 5.41 Å². The van der Waals surface area contributed by atoms with Crippen molar-refractivity contribution in [1.29, 1.82) is 0 Å². The average Bonchev–Trinajstić information content (AvgIpc) is 2.77. The van der Waals surface area contributed by atoms with Crippen LogP contribution in [0.2, 0.25) is 0 Å². The Bertz CT molecular complexity index is 306. The van der Waals surface area contributed by atoms with E-state index in [1.54, 1.807) is 11.3 Å². The number of carbonyl (C=O) groups is 1. The Morgan fingerprint density at radius 3 is 2.67 bits per heavy atom. The molecule has 0 unspecified atom stereocenters. The highest BCUT2D eigenvalue weighted by Gasteiger charge is 2.45. The van der Waals surface area contributed by atoms with Crippen LogP contribution >= 0.6 is 27.3 Å². The maximum atomic E-state index is 10.8. The third-order valence-corrected chi connectivity index (χ3v) is 4.72. The fraction of sp³-hybridized carbons (Fsp3) is 0.444. The number of thiophene rings is 1. The Labute approximate surface area is 83.9 Å². The molecular formula is C9H9BrOS. The van der Waals surface area contributed by atoms with Gasteiger partial charge in [0.1, 0.15) is 6.29 Å². The highest BCUT2D eigenvalue weighted by atomic mass is 79.9. The van der Waals surface area contributed by atoms with Gasteiger partial charge in [0.15, 0.2) is 0 Å². The molecule has 0 radical (unpaired) electrons. The van der Waals surface area contributed by atoms with Gasteiger partial charge in [-0.1, -0.05) is 0 Å². The monoisotopic (exact) mass is 244 g/mol. The maximum Gasteiger partial charge on any atom is 0.131 e. The van der Waals surface area contributed by atoms with Crippen molar-refractivity contribution in [2.45, 2.75) is 25.2 Å². The van der Waals surface area contributed by atoms with Gasteiger partial charge in [0.25, 0.3) is 0 Å². The predicted molar refractivity (Wildman–Crippen MR) is 53.7 cm³/mol. The summed E-state index contributed by atoms with van der Waals surface area (Å²) in [7, 11) is 0. The van der Waals surface area contributed by atoms with Crippen molar-refractivity contribution in [1.82, 2.24) is 0 Å². The quantitative estimate of drug-likeness (QED) is 0.732. The van der Waals surface area contributed by atoms with Crippen LogP contribution in [0.25, 0.3) is 0 Å².